The number of amides is 3. The molecule has 1 unspecified atom stereocenters. The van der Waals surface area contributed by atoms with Crippen molar-refractivity contribution in [3.63, 3.8) is 0 Å². The van der Waals surface area contributed by atoms with Gasteiger partial charge in [-0.05, 0) is 38.5 Å². The number of aryl methyl sites for hydroxylation is 1. The third kappa shape index (κ3) is 3.94. The highest BCUT2D eigenvalue weighted by molar-refractivity contribution is 7.93. The van der Waals surface area contributed by atoms with Crippen LogP contribution in [-0.2, 0) is 14.6 Å². The summed E-state index contributed by atoms with van der Waals surface area (Å²) in [5.41, 5.74) is 6.59. The van der Waals surface area contributed by atoms with E-state index in [0.29, 0.717) is 6.54 Å². The predicted octanol–water partition coefficient (Wildman–Crippen LogP) is 0.585. The van der Waals surface area contributed by atoms with Gasteiger partial charge in [-0.2, -0.15) is 0 Å². The van der Waals surface area contributed by atoms with E-state index in [0.717, 1.165) is 5.56 Å². The molecule has 0 aliphatic heterocycles. The summed E-state index contributed by atoms with van der Waals surface area (Å²) in [5, 5.41) is 2.90. The summed E-state index contributed by atoms with van der Waals surface area (Å²) in [5.74, 6) is -0.902. The Bertz CT molecular complexity index is 655. The van der Waals surface area contributed by atoms with Crippen LogP contribution in [0.4, 0.5) is 10.5 Å². The number of urea groups is 1. The van der Waals surface area contributed by atoms with E-state index >= 15 is 0 Å². The molecule has 1 atom stereocenters. The average molecular weight is 313 g/mol. The lowest BCUT2D eigenvalue weighted by atomic mass is 10.2. The zero-order chi connectivity index (χ0) is 16.2. The van der Waals surface area contributed by atoms with Crippen molar-refractivity contribution in [2.45, 2.75) is 30.9 Å². The molecule has 7 nitrogen and oxygen atoms in total. The van der Waals surface area contributed by atoms with Crippen LogP contribution in [0.5, 0.6) is 0 Å². The number of hydrogen-bond acceptors (Lipinski definition) is 5. The SMILES string of the molecule is CCNC(=O)NC(=O)C(C)S(=O)(=O)c1ccc(C)cc1N. The van der Waals surface area contributed by atoms with Gasteiger partial charge in [0.15, 0.2) is 9.84 Å². The molecule has 0 saturated heterocycles. The number of sulfone groups is 1. The zero-order valence-corrected chi connectivity index (χ0v) is 13.0. The number of carbonyl (C=O) groups is 2. The van der Waals surface area contributed by atoms with Crippen LogP contribution >= 0.6 is 0 Å². The Morgan fingerprint density at radius 3 is 2.48 bits per heavy atom. The van der Waals surface area contributed by atoms with E-state index in [1.165, 1.54) is 19.1 Å². The number of hydrogen-bond donors (Lipinski definition) is 3. The number of nitrogens with one attached hydrogen (secondary N) is 2. The van der Waals surface area contributed by atoms with E-state index in [2.05, 4.69) is 5.32 Å². The number of nitrogen functional groups attached to an aromatic ring is 1. The predicted molar refractivity (Wildman–Crippen MR) is 79.5 cm³/mol. The largest absolute Gasteiger partial charge is 0.398 e. The van der Waals surface area contributed by atoms with Crippen LogP contribution in [0.25, 0.3) is 0 Å². The Morgan fingerprint density at radius 1 is 1.33 bits per heavy atom. The van der Waals surface area contributed by atoms with E-state index in [1.807, 2.05) is 5.32 Å². The highest BCUT2D eigenvalue weighted by Gasteiger charge is 2.32. The molecule has 0 radical (unpaired) electrons. The van der Waals surface area contributed by atoms with Crippen LogP contribution < -0.4 is 16.4 Å². The van der Waals surface area contributed by atoms with Crippen molar-refractivity contribution in [3.05, 3.63) is 23.8 Å². The summed E-state index contributed by atoms with van der Waals surface area (Å²) in [6.45, 7) is 4.99. The third-order valence-electron chi connectivity index (χ3n) is 2.88. The molecular weight excluding hydrogens is 294 g/mol. The summed E-state index contributed by atoms with van der Waals surface area (Å²) in [6, 6.07) is 3.73. The molecule has 0 spiro atoms. The number of rotatable bonds is 4. The lowest BCUT2D eigenvalue weighted by molar-refractivity contribution is -0.119. The molecule has 116 valence electrons. The van der Waals surface area contributed by atoms with Crippen molar-refractivity contribution in [3.8, 4) is 0 Å². The topological polar surface area (TPSA) is 118 Å². The fourth-order valence-corrected chi connectivity index (χ4v) is 3.04. The molecule has 0 fully saturated rings. The maximum absolute atomic E-state index is 12.4. The van der Waals surface area contributed by atoms with Gasteiger partial charge >= 0.3 is 6.03 Å². The standard InChI is InChI=1S/C13H19N3O4S/c1-4-15-13(18)16-12(17)9(3)21(19,20)11-6-5-8(2)7-10(11)14/h5-7,9H,4,14H2,1-3H3,(H2,15,16,17,18). The van der Waals surface area contributed by atoms with Gasteiger partial charge in [0, 0.05) is 6.54 Å². The summed E-state index contributed by atoms with van der Waals surface area (Å²) >= 11 is 0. The molecule has 1 aromatic carbocycles. The molecule has 0 bridgehead atoms. The summed E-state index contributed by atoms with van der Waals surface area (Å²) < 4.78 is 24.7. The minimum atomic E-state index is -3.96. The maximum Gasteiger partial charge on any atom is 0.321 e. The molecule has 1 rings (SSSR count). The first-order valence-electron chi connectivity index (χ1n) is 6.38. The van der Waals surface area contributed by atoms with Crippen molar-refractivity contribution in [1.29, 1.82) is 0 Å². The van der Waals surface area contributed by atoms with Gasteiger partial charge in [0.1, 0.15) is 5.25 Å². The Balaban J connectivity index is 3.01. The fraction of sp³-hybridized carbons (Fsp3) is 0.385. The van der Waals surface area contributed by atoms with Gasteiger partial charge in [-0.25, -0.2) is 13.2 Å². The molecule has 0 aliphatic carbocycles. The van der Waals surface area contributed by atoms with Crippen LogP contribution in [0.15, 0.2) is 23.1 Å². The fourth-order valence-electron chi connectivity index (χ4n) is 1.68. The lowest BCUT2D eigenvalue weighted by Gasteiger charge is -2.14. The first kappa shape index (κ1) is 17.0. The number of imide groups is 1. The maximum atomic E-state index is 12.4. The highest BCUT2D eigenvalue weighted by Crippen LogP contribution is 2.23. The van der Waals surface area contributed by atoms with Crippen LogP contribution in [0.2, 0.25) is 0 Å². The minimum Gasteiger partial charge on any atom is -0.398 e. The van der Waals surface area contributed by atoms with E-state index in [-0.39, 0.29) is 10.6 Å². The van der Waals surface area contributed by atoms with Crippen LogP contribution in [0.1, 0.15) is 19.4 Å². The molecule has 0 aromatic heterocycles. The third-order valence-corrected chi connectivity index (χ3v) is 5.01. The van der Waals surface area contributed by atoms with Crippen molar-refractivity contribution in [1.82, 2.24) is 10.6 Å². The first-order chi connectivity index (χ1) is 9.70. The van der Waals surface area contributed by atoms with Gasteiger partial charge in [-0.1, -0.05) is 6.07 Å². The molecule has 3 amide bonds. The smallest absolute Gasteiger partial charge is 0.321 e. The lowest BCUT2D eigenvalue weighted by Crippen LogP contribution is -2.45. The van der Waals surface area contributed by atoms with Crippen molar-refractivity contribution < 1.29 is 18.0 Å². The quantitative estimate of drug-likeness (QED) is 0.703. The second-order valence-electron chi connectivity index (χ2n) is 4.58. The Hall–Kier alpha value is -2.09. The highest BCUT2D eigenvalue weighted by atomic mass is 32.2. The van der Waals surface area contributed by atoms with Crippen LogP contribution in [0, 0.1) is 6.92 Å². The Labute approximate surface area is 123 Å². The normalized spacial score (nSPS) is 12.5. The van der Waals surface area contributed by atoms with E-state index < -0.39 is 27.0 Å². The van der Waals surface area contributed by atoms with Gasteiger partial charge < -0.3 is 11.1 Å². The molecule has 0 saturated carbocycles. The Morgan fingerprint density at radius 2 is 1.95 bits per heavy atom. The summed E-state index contributed by atoms with van der Waals surface area (Å²) in [6.07, 6.45) is 0. The molecule has 8 heteroatoms. The van der Waals surface area contributed by atoms with Gasteiger partial charge in [0.05, 0.1) is 10.6 Å². The zero-order valence-electron chi connectivity index (χ0n) is 12.1. The summed E-state index contributed by atoms with van der Waals surface area (Å²) in [4.78, 5) is 23.0. The molecule has 4 N–H and O–H groups in total. The van der Waals surface area contributed by atoms with Gasteiger partial charge in [-0.3, -0.25) is 10.1 Å². The number of anilines is 1. The van der Waals surface area contributed by atoms with Crippen molar-refractivity contribution in [2.24, 2.45) is 0 Å². The van der Waals surface area contributed by atoms with Gasteiger partial charge in [0.2, 0.25) is 5.91 Å². The molecule has 0 aliphatic rings. The Kier molecular flexibility index (Phi) is 5.31. The summed E-state index contributed by atoms with van der Waals surface area (Å²) in [7, 11) is -3.96. The average Bonchev–Trinajstić information content (AvgIpc) is 2.37. The first-order valence-corrected chi connectivity index (χ1v) is 7.93. The second kappa shape index (κ2) is 6.57. The molecule has 1 aromatic rings. The second-order valence-corrected chi connectivity index (χ2v) is 6.81. The number of benzene rings is 1. The van der Waals surface area contributed by atoms with Gasteiger partial charge in [-0.15, -0.1) is 0 Å². The van der Waals surface area contributed by atoms with E-state index in [1.54, 1.807) is 19.9 Å². The van der Waals surface area contributed by atoms with Crippen LogP contribution in [-0.4, -0.2) is 32.2 Å². The van der Waals surface area contributed by atoms with Crippen molar-refractivity contribution in [2.75, 3.05) is 12.3 Å². The van der Waals surface area contributed by atoms with E-state index in [9.17, 15) is 18.0 Å². The number of nitrogens with two attached hydrogens (primary N) is 1. The molecule has 0 heterocycles. The monoisotopic (exact) mass is 313 g/mol. The number of carbonyl (C=O) groups excluding carboxylic acids is 2. The van der Waals surface area contributed by atoms with Gasteiger partial charge in [0.25, 0.3) is 0 Å². The van der Waals surface area contributed by atoms with E-state index in [4.69, 9.17) is 5.73 Å². The molecular formula is C13H19N3O4S. The van der Waals surface area contributed by atoms with Crippen LogP contribution in [0.3, 0.4) is 0 Å². The minimum absolute atomic E-state index is 0.0765. The van der Waals surface area contributed by atoms with Crippen molar-refractivity contribution >= 4 is 27.5 Å². The molecule has 21 heavy (non-hydrogen) atoms.